The molecule has 0 radical (unpaired) electrons. The van der Waals surface area contributed by atoms with Crippen molar-refractivity contribution in [1.29, 1.82) is 0 Å². The van der Waals surface area contributed by atoms with E-state index >= 15 is 0 Å². The third-order valence-electron chi connectivity index (χ3n) is 5.01. The first-order valence-electron chi connectivity index (χ1n) is 8.93. The molecule has 0 aromatic carbocycles. The normalized spacial score (nSPS) is 21.5. The standard InChI is InChI=1S/C18H32N2O3/c1-3-16-6-10-20(11-7-16)18(21)15-23-13-12-22-14-17-4-8-19(2)9-5-17/h3,16-17H,1,4-15H2,2H3. The molecular formula is C18H32N2O3. The van der Waals surface area contributed by atoms with Gasteiger partial charge in [0.25, 0.3) is 0 Å². The number of carbonyl (C=O) groups excluding carboxylic acids is 1. The highest BCUT2D eigenvalue weighted by atomic mass is 16.5. The number of hydrogen-bond donors (Lipinski definition) is 0. The molecule has 0 saturated carbocycles. The molecule has 0 atom stereocenters. The van der Waals surface area contributed by atoms with E-state index in [1.165, 1.54) is 25.9 Å². The lowest BCUT2D eigenvalue weighted by molar-refractivity contribution is -0.137. The molecule has 2 heterocycles. The van der Waals surface area contributed by atoms with Gasteiger partial charge in [0.15, 0.2) is 0 Å². The van der Waals surface area contributed by atoms with Gasteiger partial charge in [-0.2, -0.15) is 0 Å². The van der Waals surface area contributed by atoms with Crippen LogP contribution in [-0.4, -0.2) is 75.4 Å². The Morgan fingerprint density at radius 2 is 1.74 bits per heavy atom. The summed E-state index contributed by atoms with van der Waals surface area (Å²) >= 11 is 0. The van der Waals surface area contributed by atoms with Gasteiger partial charge in [-0.25, -0.2) is 0 Å². The Morgan fingerprint density at radius 1 is 1.09 bits per heavy atom. The summed E-state index contributed by atoms with van der Waals surface area (Å²) in [4.78, 5) is 16.3. The third-order valence-corrected chi connectivity index (χ3v) is 5.01. The fraction of sp³-hybridized carbons (Fsp3) is 0.833. The first-order valence-corrected chi connectivity index (χ1v) is 8.93. The number of allylic oxidation sites excluding steroid dienone is 1. The van der Waals surface area contributed by atoms with Gasteiger partial charge >= 0.3 is 0 Å². The molecule has 132 valence electrons. The molecular weight excluding hydrogens is 292 g/mol. The first-order chi connectivity index (χ1) is 11.2. The van der Waals surface area contributed by atoms with Gasteiger partial charge in [0.2, 0.25) is 5.91 Å². The van der Waals surface area contributed by atoms with Crippen LogP contribution < -0.4 is 0 Å². The summed E-state index contributed by atoms with van der Waals surface area (Å²) < 4.78 is 11.1. The van der Waals surface area contributed by atoms with Crippen molar-refractivity contribution in [3.05, 3.63) is 12.7 Å². The molecule has 23 heavy (non-hydrogen) atoms. The highest BCUT2D eigenvalue weighted by molar-refractivity contribution is 5.77. The summed E-state index contributed by atoms with van der Waals surface area (Å²) in [6.45, 7) is 9.89. The lowest BCUT2D eigenvalue weighted by atomic mass is 9.97. The topological polar surface area (TPSA) is 42.0 Å². The molecule has 0 spiro atoms. The van der Waals surface area contributed by atoms with E-state index in [0.717, 1.165) is 32.5 Å². The minimum atomic E-state index is 0.0998. The molecule has 2 fully saturated rings. The van der Waals surface area contributed by atoms with Crippen molar-refractivity contribution in [3.63, 3.8) is 0 Å². The molecule has 2 aliphatic rings. The number of hydrogen-bond acceptors (Lipinski definition) is 4. The molecule has 5 heteroatoms. The van der Waals surface area contributed by atoms with Crippen molar-refractivity contribution in [2.45, 2.75) is 25.7 Å². The smallest absolute Gasteiger partial charge is 0.248 e. The molecule has 2 rings (SSSR count). The average Bonchev–Trinajstić information content (AvgIpc) is 2.59. The maximum Gasteiger partial charge on any atom is 0.248 e. The number of amides is 1. The number of likely N-dealkylation sites (tertiary alicyclic amines) is 2. The van der Waals surface area contributed by atoms with Crippen molar-refractivity contribution in [2.24, 2.45) is 11.8 Å². The Labute approximate surface area is 140 Å². The van der Waals surface area contributed by atoms with E-state index in [1.54, 1.807) is 0 Å². The van der Waals surface area contributed by atoms with Crippen molar-refractivity contribution in [2.75, 3.05) is 59.7 Å². The number of nitrogens with zero attached hydrogens (tertiary/aromatic N) is 2. The van der Waals surface area contributed by atoms with E-state index in [2.05, 4.69) is 18.5 Å². The summed E-state index contributed by atoms with van der Waals surface area (Å²) in [5.41, 5.74) is 0. The fourth-order valence-corrected chi connectivity index (χ4v) is 3.23. The molecule has 0 aliphatic carbocycles. The predicted octanol–water partition coefficient (Wildman–Crippen LogP) is 1.79. The zero-order valence-corrected chi connectivity index (χ0v) is 14.5. The van der Waals surface area contributed by atoms with Crippen LogP contribution in [0.25, 0.3) is 0 Å². The predicted molar refractivity (Wildman–Crippen MR) is 91.4 cm³/mol. The van der Waals surface area contributed by atoms with Gasteiger partial charge in [0.1, 0.15) is 6.61 Å². The maximum atomic E-state index is 12.0. The average molecular weight is 324 g/mol. The van der Waals surface area contributed by atoms with Crippen LogP contribution in [0.2, 0.25) is 0 Å². The Bertz CT molecular complexity index is 359. The molecule has 0 unspecified atom stereocenters. The quantitative estimate of drug-likeness (QED) is 0.504. The van der Waals surface area contributed by atoms with Gasteiger partial charge < -0.3 is 19.3 Å². The van der Waals surface area contributed by atoms with Gasteiger partial charge in [-0.1, -0.05) is 6.08 Å². The molecule has 0 aromatic heterocycles. The van der Waals surface area contributed by atoms with Gasteiger partial charge in [-0.3, -0.25) is 4.79 Å². The molecule has 0 aromatic rings. The SMILES string of the molecule is C=CC1CCN(C(=O)COCCOCC2CCN(C)CC2)CC1. The van der Waals surface area contributed by atoms with E-state index in [1.807, 2.05) is 11.0 Å². The molecule has 0 bridgehead atoms. The van der Waals surface area contributed by atoms with E-state index in [4.69, 9.17) is 9.47 Å². The van der Waals surface area contributed by atoms with E-state index in [9.17, 15) is 4.79 Å². The highest BCUT2D eigenvalue weighted by Gasteiger charge is 2.21. The van der Waals surface area contributed by atoms with Crippen LogP contribution in [-0.2, 0) is 14.3 Å². The fourth-order valence-electron chi connectivity index (χ4n) is 3.23. The summed E-state index contributed by atoms with van der Waals surface area (Å²) in [7, 11) is 2.17. The van der Waals surface area contributed by atoms with Crippen molar-refractivity contribution < 1.29 is 14.3 Å². The third kappa shape index (κ3) is 6.61. The van der Waals surface area contributed by atoms with Crippen molar-refractivity contribution in [3.8, 4) is 0 Å². The second-order valence-corrected chi connectivity index (χ2v) is 6.83. The van der Waals surface area contributed by atoms with Crippen LogP contribution in [0.15, 0.2) is 12.7 Å². The summed E-state index contributed by atoms with van der Waals surface area (Å²) in [5.74, 6) is 1.34. The second kappa shape index (κ2) is 10.1. The first kappa shape index (κ1) is 18.4. The molecule has 5 nitrogen and oxygen atoms in total. The van der Waals surface area contributed by atoms with Crippen LogP contribution >= 0.6 is 0 Å². The number of piperidine rings is 2. The molecule has 2 saturated heterocycles. The molecule has 0 N–H and O–H groups in total. The van der Waals surface area contributed by atoms with Crippen LogP contribution in [0.4, 0.5) is 0 Å². The number of rotatable bonds is 8. The number of ether oxygens (including phenoxy) is 2. The minimum Gasteiger partial charge on any atom is -0.379 e. The number of carbonyl (C=O) groups is 1. The summed E-state index contributed by atoms with van der Waals surface area (Å²) in [6.07, 6.45) is 6.48. The van der Waals surface area contributed by atoms with Crippen LogP contribution in [0.3, 0.4) is 0 Å². The Balaban J connectivity index is 1.46. The van der Waals surface area contributed by atoms with E-state index in [-0.39, 0.29) is 12.5 Å². The second-order valence-electron chi connectivity index (χ2n) is 6.83. The monoisotopic (exact) mass is 324 g/mol. The zero-order valence-electron chi connectivity index (χ0n) is 14.5. The van der Waals surface area contributed by atoms with Crippen molar-refractivity contribution in [1.82, 2.24) is 9.80 Å². The van der Waals surface area contributed by atoms with E-state index in [0.29, 0.717) is 25.0 Å². The van der Waals surface area contributed by atoms with Gasteiger partial charge in [-0.15, -0.1) is 6.58 Å². The van der Waals surface area contributed by atoms with Crippen molar-refractivity contribution >= 4 is 5.91 Å². The minimum absolute atomic E-state index is 0.0998. The Kier molecular flexibility index (Phi) is 8.06. The highest BCUT2D eigenvalue weighted by Crippen LogP contribution is 2.18. The Hall–Kier alpha value is -0.910. The molecule has 1 amide bonds. The largest absolute Gasteiger partial charge is 0.379 e. The van der Waals surface area contributed by atoms with Crippen LogP contribution in [0.1, 0.15) is 25.7 Å². The van der Waals surface area contributed by atoms with E-state index < -0.39 is 0 Å². The molecule has 2 aliphatic heterocycles. The van der Waals surface area contributed by atoms with Gasteiger partial charge in [0.05, 0.1) is 13.2 Å². The summed E-state index contributed by atoms with van der Waals surface area (Å²) in [6, 6.07) is 0. The lowest BCUT2D eigenvalue weighted by Crippen LogP contribution is -2.40. The zero-order chi connectivity index (χ0) is 16.5. The lowest BCUT2D eigenvalue weighted by Gasteiger charge is -2.30. The summed E-state index contributed by atoms with van der Waals surface area (Å²) in [5, 5.41) is 0. The Morgan fingerprint density at radius 3 is 2.39 bits per heavy atom. The van der Waals surface area contributed by atoms with Gasteiger partial charge in [0, 0.05) is 19.7 Å². The van der Waals surface area contributed by atoms with Gasteiger partial charge in [-0.05, 0) is 57.7 Å². The van der Waals surface area contributed by atoms with Crippen LogP contribution in [0.5, 0.6) is 0 Å². The van der Waals surface area contributed by atoms with Crippen LogP contribution in [0, 0.1) is 11.8 Å². The maximum absolute atomic E-state index is 12.0.